The molecule has 0 aliphatic carbocycles. The third-order valence-corrected chi connectivity index (χ3v) is 6.66. The number of amides is 3. The number of nitrogen functional groups attached to an aromatic ring is 1. The topological polar surface area (TPSA) is 130 Å². The number of para-hydroxylation sites is 3. The van der Waals surface area contributed by atoms with Crippen LogP contribution in [-0.2, 0) is 5.54 Å². The Morgan fingerprint density at radius 1 is 0.974 bits per heavy atom. The predicted molar refractivity (Wildman–Crippen MR) is 154 cm³/mol. The number of urea groups is 1. The lowest BCUT2D eigenvalue weighted by Crippen LogP contribution is -2.50. The summed E-state index contributed by atoms with van der Waals surface area (Å²) in [5, 5.41) is 5.88. The Morgan fingerprint density at radius 3 is 2.26 bits per heavy atom. The minimum atomic E-state index is -0.951. The molecule has 0 aliphatic heterocycles. The number of nitrogens with zero attached hydrogens (tertiary/aromatic N) is 3. The molecular weight excluding hydrogens is 478 g/mol. The molecule has 1 heterocycles. The fourth-order valence-corrected chi connectivity index (χ4v) is 4.76. The number of benzene rings is 2. The van der Waals surface area contributed by atoms with Crippen LogP contribution in [0.4, 0.5) is 21.9 Å². The fraction of sp³-hybridized carbons (Fsp3) is 0.345. The van der Waals surface area contributed by atoms with Gasteiger partial charge in [-0.3, -0.25) is 9.78 Å². The zero-order chi connectivity index (χ0) is 27.7. The van der Waals surface area contributed by atoms with Crippen molar-refractivity contribution in [3.8, 4) is 0 Å². The highest BCUT2D eigenvalue weighted by atomic mass is 16.2. The number of primary amides is 1. The van der Waals surface area contributed by atoms with Crippen LogP contribution in [0, 0.1) is 0 Å². The number of pyridine rings is 1. The summed E-state index contributed by atoms with van der Waals surface area (Å²) in [6, 6.07) is 18.0. The minimum absolute atomic E-state index is 0.232. The number of nitrogens with two attached hydrogens (primary N) is 2. The predicted octanol–water partition coefficient (Wildman–Crippen LogP) is 4.02. The van der Waals surface area contributed by atoms with Crippen LogP contribution in [0.25, 0.3) is 0 Å². The van der Waals surface area contributed by atoms with Gasteiger partial charge in [-0.15, -0.1) is 0 Å². The molecule has 6 N–H and O–H groups in total. The van der Waals surface area contributed by atoms with Gasteiger partial charge in [-0.25, -0.2) is 4.79 Å². The SMILES string of the molecule is CCN(CC)c1ccccc1C(CCCN(C)C)(NC(N)=O)c1ccc(C(=O)Nc2ccccc2N)nc1. The summed E-state index contributed by atoms with van der Waals surface area (Å²) in [5.74, 6) is -0.376. The Labute approximate surface area is 225 Å². The van der Waals surface area contributed by atoms with Crippen LogP contribution >= 0.6 is 0 Å². The Balaban J connectivity index is 2.09. The molecule has 3 amide bonds. The number of nitrogens with one attached hydrogen (secondary N) is 2. The maximum atomic E-state index is 12.9. The summed E-state index contributed by atoms with van der Waals surface area (Å²) in [5.41, 5.74) is 14.7. The average Bonchev–Trinajstić information content (AvgIpc) is 2.90. The molecule has 202 valence electrons. The molecule has 1 aromatic heterocycles. The monoisotopic (exact) mass is 517 g/mol. The normalized spacial score (nSPS) is 12.6. The van der Waals surface area contributed by atoms with Crippen molar-refractivity contribution in [2.75, 3.05) is 49.7 Å². The highest BCUT2D eigenvalue weighted by molar-refractivity contribution is 6.04. The van der Waals surface area contributed by atoms with E-state index in [2.05, 4.69) is 45.3 Å². The van der Waals surface area contributed by atoms with Crippen molar-refractivity contribution in [2.24, 2.45) is 5.73 Å². The van der Waals surface area contributed by atoms with Gasteiger partial charge in [-0.1, -0.05) is 36.4 Å². The van der Waals surface area contributed by atoms with Crippen molar-refractivity contribution in [3.63, 3.8) is 0 Å². The van der Waals surface area contributed by atoms with Crippen molar-refractivity contribution in [3.05, 3.63) is 83.7 Å². The quantitative estimate of drug-likeness (QED) is 0.269. The van der Waals surface area contributed by atoms with Crippen molar-refractivity contribution >= 4 is 29.0 Å². The molecule has 0 saturated heterocycles. The lowest BCUT2D eigenvalue weighted by atomic mass is 9.78. The van der Waals surface area contributed by atoms with Crippen LogP contribution in [0.3, 0.4) is 0 Å². The Hall–Kier alpha value is -4.11. The Kier molecular flexibility index (Phi) is 9.67. The number of carbonyl (C=O) groups excluding carboxylic acids is 2. The molecule has 1 atom stereocenters. The highest BCUT2D eigenvalue weighted by Crippen LogP contribution is 2.39. The molecule has 0 saturated carbocycles. The van der Waals surface area contributed by atoms with Crippen molar-refractivity contribution in [2.45, 2.75) is 32.2 Å². The second-order valence-electron chi connectivity index (χ2n) is 9.46. The molecule has 3 rings (SSSR count). The summed E-state index contributed by atoms with van der Waals surface area (Å²) in [4.78, 5) is 34.2. The van der Waals surface area contributed by atoms with E-state index in [1.165, 1.54) is 0 Å². The van der Waals surface area contributed by atoms with Crippen LogP contribution in [0.1, 0.15) is 48.3 Å². The van der Waals surface area contributed by atoms with Crippen LogP contribution < -0.4 is 27.0 Å². The van der Waals surface area contributed by atoms with E-state index in [9.17, 15) is 9.59 Å². The molecule has 0 aliphatic rings. The summed E-state index contributed by atoms with van der Waals surface area (Å²) in [6.07, 6.45) is 3.02. The molecular formula is C29H39N7O2. The molecule has 0 bridgehead atoms. The number of rotatable bonds is 12. The number of aromatic nitrogens is 1. The van der Waals surface area contributed by atoms with Gasteiger partial charge in [-0.05, 0) is 71.6 Å². The second kappa shape index (κ2) is 12.9. The van der Waals surface area contributed by atoms with Crippen LogP contribution in [-0.4, -0.2) is 55.6 Å². The van der Waals surface area contributed by atoms with E-state index >= 15 is 0 Å². The number of hydrogen-bond acceptors (Lipinski definition) is 6. The van der Waals surface area contributed by atoms with Gasteiger partial charge >= 0.3 is 6.03 Å². The molecule has 0 radical (unpaired) electrons. The van der Waals surface area contributed by atoms with E-state index < -0.39 is 11.6 Å². The first-order valence-electron chi connectivity index (χ1n) is 12.9. The van der Waals surface area contributed by atoms with Gasteiger partial charge in [0.05, 0.1) is 16.9 Å². The minimum Gasteiger partial charge on any atom is -0.397 e. The summed E-state index contributed by atoms with van der Waals surface area (Å²) in [7, 11) is 4.03. The smallest absolute Gasteiger partial charge is 0.313 e. The maximum Gasteiger partial charge on any atom is 0.313 e. The number of carbonyl (C=O) groups is 2. The maximum absolute atomic E-state index is 12.9. The lowest BCUT2D eigenvalue weighted by molar-refractivity contribution is 0.102. The molecule has 0 spiro atoms. The number of hydrogen-bond donors (Lipinski definition) is 4. The van der Waals surface area contributed by atoms with Gasteiger partial charge in [0, 0.05) is 36.1 Å². The van der Waals surface area contributed by atoms with Gasteiger partial charge in [0.2, 0.25) is 0 Å². The first kappa shape index (κ1) is 28.5. The van der Waals surface area contributed by atoms with E-state index in [4.69, 9.17) is 11.5 Å². The van der Waals surface area contributed by atoms with Crippen LogP contribution in [0.2, 0.25) is 0 Å². The molecule has 9 nitrogen and oxygen atoms in total. The lowest BCUT2D eigenvalue weighted by Gasteiger charge is -2.39. The van der Waals surface area contributed by atoms with E-state index in [0.717, 1.165) is 42.9 Å². The molecule has 0 fully saturated rings. The van der Waals surface area contributed by atoms with Gasteiger partial charge < -0.3 is 31.9 Å². The van der Waals surface area contributed by atoms with Crippen molar-refractivity contribution in [1.29, 1.82) is 0 Å². The van der Waals surface area contributed by atoms with E-state index in [-0.39, 0.29) is 11.6 Å². The van der Waals surface area contributed by atoms with Gasteiger partial charge in [0.1, 0.15) is 5.69 Å². The third-order valence-electron chi connectivity index (χ3n) is 6.66. The third kappa shape index (κ3) is 6.60. The Morgan fingerprint density at radius 2 is 1.66 bits per heavy atom. The van der Waals surface area contributed by atoms with Gasteiger partial charge in [0.25, 0.3) is 5.91 Å². The zero-order valence-corrected chi connectivity index (χ0v) is 22.7. The zero-order valence-electron chi connectivity index (χ0n) is 22.7. The Bertz CT molecular complexity index is 1230. The van der Waals surface area contributed by atoms with Gasteiger partial charge in [-0.2, -0.15) is 0 Å². The van der Waals surface area contributed by atoms with E-state index in [1.807, 2.05) is 38.4 Å². The van der Waals surface area contributed by atoms with Crippen LogP contribution in [0.15, 0.2) is 66.9 Å². The summed E-state index contributed by atoms with van der Waals surface area (Å²) < 4.78 is 0. The fourth-order valence-electron chi connectivity index (χ4n) is 4.76. The molecule has 38 heavy (non-hydrogen) atoms. The first-order chi connectivity index (χ1) is 18.2. The van der Waals surface area contributed by atoms with Crippen molar-refractivity contribution in [1.82, 2.24) is 15.2 Å². The average molecular weight is 518 g/mol. The van der Waals surface area contributed by atoms with E-state index in [1.54, 1.807) is 36.5 Å². The second-order valence-corrected chi connectivity index (χ2v) is 9.46. The molecule has 9 heteroatoms. The molecule has 1 unspecified atom stereocenters. The highest BCUT2D eigenvalue weighted by Gasteiger charge is 2.38. The summed E-state index contributed by atoms with van der Waals surface area (Å²) in [6.45, 7) is 6.63. The number of anilines is 3. The van der Waals surface area contributed by atoms with Gasteiger partial charge in [0.15, 0.2) is 0 Å². The molecule has 2 aromatic carbocycles. The van der Waals surface area contributed by atoms with E-state index in [0.29, 0.717) is 17.8 Å². The van der Waals surface area contributed by atoms with Crippen molar-refractivity contribution < 1.29 is 9.59 Å². The van der Waals surface area contributed by atoms with Crippen LogP contribution in [0.5, 0.6) is 0 Å². The molecule has 3 aromatic rings. The standard InChI is InChI=1S/C29H39N7O2/c1-5-36(6-2)26-15-10-7-12-22(26)29(34-28(31)38,18-11-19-35(3)4)21-16-17-25(32-20-21)27(37)33-24-14-9-8-13-23(24)30/h7-10,12-17,20H,5-6,11,18-19,30H2,1-4H3,(H,33,37)(H3,31,34,38). The largest absolute Gasteiger partial charge is 0.397 e. The summed E-state index contributed by atoms with van der Waals surface area (Å²) >= 11 is 0. The first-order valence-corrected chi connectivity index (χ1v) is 12.9.